The summed E-state index contributed by atoms with van der Waals surface area (Å²) in [6.45, 7) is 5.45. The van der Waals surface area contributed by atoms with E-state index < -0.39 is 0 Å². The molecule has 4 rings (SSSR count). The van der Waals surface area contributed by atoms with Gasteiger partial charge in [-0.1, -0.05) is 24.3 Å². The summed E-state index contributed by atoms with van der Waals surface area (Å²) in [6.07, 6.45) is 1.02. The average Bonchev–Trinajstić information content (AvgIpc) is 3.13. The summed E-state index contributed by atoms with van der Waals surface area (Å²) in [5.74, 6) is 0.0181. The first-order valence-corrected chi connectivity index (χ1v) is 9.72. The molecule has 5 heteroatoms. The van der Waals surface area contributed by atoms with E-state index >= 15 is 0 Å². The van der Waals surface area contributed by atoms with Crippen LogP contribution < -0.4 is 10.2 Å². The predicted octanol–water partition coefficient (Wildman–Crippen LogP) is 2.62. The van der Waals surface area contributed by atoms with Crippen LogP contribution in [-0.4, -0.2) is 63.3 Å². The highest BCUT2D eigenvalue weighted by Gasteiger charge is 2.21. The zero-order valence-electron chi connectivity index (χ0n) is 15.9. The fourth-order valence-corrected chi connectivity index (χ4v) is 3.82. The number of carbonyl (C=O) groups is 1. The van der Waals surface area contributed by atoms with Crippen LogP contribution in [-0.2, 0) is 4.74 Å². The molecule has 2 aliphatic rings. The molecule has 1 N–H and O–H groups in total. The Bertz CT molecular complexity index is 767. The van der Waals surface area contributed by atoms with E-state index in [2.05, 4.69) is 46.4 Å². The smallest absolute Gasteiger partial charge is 0.251 e. The number of benzene rings is 2. The van der Waals surface area contributed by atoms with Gasteiger partial charge >= 0.3 is 0 Å². The summed E-state index contributed by atoms with van der Waals surface area (Å²) in [7, 11) is 2.09. The molecule has 0 saturated carbocycles. The summed E-state index contributed by atoms with van der Waals surface area (Å²) >= 11 is 0. The molecule has 1 atom stereocenters. The van der Waals surface area contributed by atoms with Crippen LogP contribution in [0.2, 0.25) is 0 Å². The number of morpholine rings is 1. The fraction of sp³-hybridized carbons (Fsp3) is 0.409. The molecule has 2 saturated heterocycles. The fourth-order valence-electron chi connectivity index (χ4n) is 3.82. The van der Waals surface area contributed by atoms with E-state index in [-0.39, 0.29) is 11.9 Å². The molecule has 2 heterocycles. The maximum absolute atomic E-state index is 12.4. The number of anilines is 1. The van der Waals surface area contributed by atoms with Crippen molar-refractivity contribution in [2.24, 2.45) is 0 Å². The van der Waals surface area contributed by atoms with Gasteiger partial charge in [-0.25, -0.2) is 0 Å². The Morgan fingerprint density at radius 3 is 2.19 bits per heavy atom. The third kappa shape index (κ3) is 4.31. The minimum atomic E-state index is 0.0181. The molecule has 0 radical (unpaired) electrons. The molecule has 27 heavy (non-hydrogen) atoms. The highest BCUT2D eigenvalue weighted by Crippen LogP contribution is 2.24. The first-order chi connectivity index (χ1) is 13.2. The molecule has 2 fully saturated rings. The number of amides is 1. The summed E-state index contributed by atoms with van der Waals surface area (Å²) in [5.41, 5.74) is 4.25. The van der Waals surface area contributed by atoms with E-state index in [0.29, 0.717) is 0 Å². The SMILES string of the molecule is CN1CC[C@@H](NC(=O)c2ccc(-c3ccc(N4CCOCC4)cc3)cc2)C1. The van der Waals surface area contributed by atoms with Crippen LogP contribution in [0.15, 0.2) is 48.5 Å². The van der Waals surface area contributed by atoms with Gasteiger partial charge in [0, 0.05) is 36.9 Å². The molecule has 2 aliphatic heterocycles. The van der Waals surface area contributed by atoms with Gasteiger partial charge in [-0.2, -0.15) is 0 Å². The summed E-state index contributed by atoms with van der Waals surface area (Å²) in [5, 5.41) is 3.13. The van der Waals surface area contributed by atoms with Crippen LogP contribution in [0, 0.1) is 0 Å². The molecular weight excluding hydrogens is 338 g/mol. The van der Waals surface area contributed by atoms with Crippen molar-refractivity contribution in [1.82, 2.24) is 10.2 Å². The largest absolute Gasteiger partial charge is 0.378 e. The van der Waals surface area contributed by atoms with Gasteiger partial charge in [0.2, 0.25) is 0 Å². The standard InChI is InChI=1S/C22H27N3O2/c1-24-11-10-20(16-24)23-22(26)19-4-2-17(3-5-19)18-6-8-21(9-7-18)25-12-14-27-15-13-25/h2-9,20H,10-16H2,1H3,(H,23,26)/t20-/m1/s1. The van der Waals surface area contributed by atoms with Gasteiger partial charge in [0.15, 0.2) is 0 Å². The third-order valence-electron chi connectivity index (χ3n) is 5.45. The van der Waals surface area contributed by atoms with Gasteiger partial charge in [0.1, 0.15) is 0 Å². The lowest BCUT2D eigenvalue weighted by Gasteiger charge is -2.28. The predicted molar refractivity (Wildman–Crippen MR) is 108 cm³/mol. The van der Waals surface area contributed by atoms with Crippen LogP contribution in [0.3, 0.4) is 0 Å². The van der Waals surface area contributed by atoms with Crippen molar-refractivity contribution in [2.75, 3.05) is 51.3 Å². The Morgan fingerprint density at radius 2 is 1.59 bits per heavy atom. The number of likely N-dealkylation sites (N-methyl/N-ethyl adjacent to an activating group) is 1. The maximum atomic E-state index is 12.4. The molecule has 0 spiro atoms. The van der Waals surface area contributed by atoms with Gasteiger partial charge in [0.25, 0.3) is 5.91 Å². The van der Waals surface area contributed by atoms with E-state index in [1.165, 1.54) is 5.69 Å². The average molecular weight is 365 g/mol. The highest BCUT2D eigenvalue weighted by molar-refractivity contribution is 5.95. The normalized spacial score (nSPS) is 20.6. The van der Waals surface area contributed by atoms with Crippen LogP contribution >= 0.6 is 0 Å². The number of ether oxygens (including phenoxy) is 1. The van der Waals surface area contributed by atoms with Crippen LogP contribution in [0.5, 0.6) is 0 Å². The zero-order chi connectivity index (χ0) is 18.6. The van der Waals surface area contributed by atoms with Crippen molar-refractivity contribution in [3.05, 3.63) is 54.1 Å². The molecule has 5 nitrogen and oxygen atoms in total. The van der Waals surface area contributed by atoms with Crippen molar-refractivity contribution < 1.29 is 9.53 Å². The monoisotopic (exact) mass is 365 g/mol. The first kappa shape index (κ1) is 18.0. The van der Waals surface area contributed by atoms with Crippen molar-refractivity contribution in [2.45, 2.75) is 12.5 Å². The summed E-state index contributed by atoms with van der Waals surface area (Å²) in [6, 6.07) is 16.8. The lowest BCUT2D eigenvalue weighted by Crippen LogP contribution is -2.36. The van der Waals surface area contributed by atoms with Gasteiger partial charge < -0.3 is 19.9 Å². The van der Waals surface area contributed by atoms with Crippen molar-refractivity contribution in [1.29, 1.82) is 0 Å². The van der Waals surface area contributed by atoms with Crippen LogP contribution in [0.1, 0.15) is 16.8 Å². The lowest BCUT2D eigenvalue weighted by atomic mass is 10.0. The zero-order valence-corrected chi connectivity index (χ0v) is 15.9. The minimum Gasteiger partial charge on any atom is -0.378 e. The number of likely N-dealkylation sites (tertiary alicyclic amines) is 1. The Balaban J connectivity index is 1.40. The number of nitrogens with zero attached hydrogens (tertiary/aromatic N) is 2. The molecule has 142 valence electrons. The molecule has 1 amide bonds. The molecule has 2 aromatic rings. The number of carbonyl (C=O) groups excluding carboxylic acids is 1. The molecule has 2 aromatic carbocycles. The Morgan fingerprint density at radius 1 is 0.963 bits per heavy atom. The van der Waals surface area contributed by atoms with Gasteiger partial charge in [-0.15, -0.1) is 0 Å². The van der Waals surface area contributed by atoms with Crippen LogP contribution in [0.4, 0.5) is 5.69 Å². The summed E-state index contributed by atoms with van der Waals surface area (Å²) in [4.78, 5) is 17.0. The van der Waals surface area contributed by atoms with Gasteiger partial charge in [-0.05, 0) is 55.4 Å². The Hall–Kier alpha value is -2.37. The first-order valence-electron chi connectivity index (χ1n) is 9.72. The number of rotatable bonds is 4. The quantitative estimate of drug-likeness (QED) is 0.905. The van der Waals surface area contributed by atoms with E-state index in [1.54, 1.807) is 0 Å². The Labute approximate surface area is 160 Å². The molecule has 0 bridgehead atoms. The van der Waals surface area contributed by atoms with E-state index in [1.807, 2.05) is 24.3 Å². The number of nitrogens with one attached hydrogen (secondary N) is 1. The van der Waals surface area contributed by atoms with Gasteiger partial charge in [0.05, 0.1) is 13.2 Å². The highest BCUT2D eigenvalue weighted by atomic mass is 16.5. The second-order valence-corrected chi connectivity index (χ2v) is 7.44. The van der Waals surface area contributed by atoms with Gasteiger partial charge in [-0.3, -0.25) is 4.79 Å². The van der Waals surface area contributed by atoms with E-state index in [9.17, 15) is 4.79 Å². The second-order valence-electron chi connectivity index (χ2n) is 7.44. The third-order valence-corrected chi connectivity index (χ3v) is 5.45. The Kier molecular flexibility index (Phi) is 5.41. The molecular formula is C22H27N3O2. The minimum absolute atomic E-state index is 0.0181. The van der Waals surface area contributed by atoms with Crippen molar-refractivity contribution in [3.63, 3.8) is 0 Å². The summed E-state index contributed by atoms with van der Waals surface area (Å²) < 4.78 is 5.41. The van der Waals surface area contributed by atoms with E-state index in [0.717, 1.165) is 62.5 Å². The number of hydrogen-bond acceptors (Lipinski definition) is 4. The lowest BCUT2D eigenvalue weighted by molar-refractivity contribution is 0.0938. The van der Waals surface area contributed by atoms with E-state index in [4.69, 9.17) is 4.74 Å². The van der Waals surface area contributed by atoms with Crippen LogP contribution in [0.25, 0.3) is 11.1 Å². The van der Waals surface area contributed by atoms with Crippen molar-refractivity contribution >= 4 is 11.6 Å². The number of hydrogen-bond donors (Lipinski definition) is 1. The molecule has 0 aliphatic carbocycles. The topological polar surface area (TPSA) is 44.8 Å². The molecule has 0 unspecified atom stereocenters. The maximum Gasteiger partial charge on any atom is 0.251 e. The second kappa shape index (κ2) is 8.11. The molecule has 0 aromatic heterocycles. The van der Waals surface area contributed by atoms with Crippen molar-refractivity contribution in [3.8, 4) is 11.1 Å².